The summed E-state index contributed by atoms with van der Waals surface area (Å²) in [7, 11) is 0. The van der Waals surface area contributed by atoms with Crippen molar-refractivity contribution in [2.24, 2.45) is 0 Å². The number of aryl methyl sites for hydroxylation is 1. The summed E-state index contributed by atoms with van der Waals surface area (Å²) in [4.78, 5) is 19.4. The third kappa shape index (κ3) is 3.42. The van der Waals surface area contributed by atoms with Crippen LogP contribution < -0.4 is 5.32 Å². The van der Waals surface area contributed by atoms with Crippen LogP contribution >= 0.6 is 11.6 Å². The molecule has 98 valence electrons. The second-order valence-electron chi connectivity index (χ2n) is 4.00. The molecule has 2 N–H and O–H groups in total. The van der Waals surface area contributed by atoms with Gasteiger partial charge in [0.05, 0.1) is 29.7 Å². The van der Waals surface area contributed by atoms with Crippen LogP contribution in [0.3, 0.4) is 0 Å². The number of hydrogen-bond donors (Lipinski definition) is 2. The van der Waals surface area contributed by atoms with E-state index in [1.807, 2.05) is 6.92 Å². The summed E-state index contributed by atoms with van der Waals surface area (Å²) in [5.41, 5.74) is 2.20. The highest BCUT2D eigenvalue weighted by molar-refractivity contribution is 6.31. The van der Waals surface area contributed by atoms with E-state index in [-0.39, 0.29) is 5.56 Å². The molecule has 0 bridgehead atoms. The van der Waals surface area contributed by atoms with Crippen molar-refractivity contribution >= 4 is 23.3 Å². The highest BCUT2D eigenvalue weighted by Gasteiger charge is 2.10. The van der Waals surface area contributed by atoms with E-state index in [4.69, 9.17) is 16.7 Å². The van der Waals surface area contributed by atoms with Crippen molar-refractivity contribution in [3.05, 3.63) is 52.6 Å². The molecule has 0 aliphatic carbocycles. The zero-order valence-corrected chi connectivity index (χ0v) is 11.0. The van der Waals surface area contributed by atoms with Crippen molar-refractivity contribution in [2.75, 3.05) is 5.32 Å². The zero-order chi connectivity index (χ0) is 13.8. The van der Waals surface area contributed by atoms with E-state index < -0.39 is 5.97 Å². The molecule has 0 saturated carbocycles. The summed E-state index contributed by atoms with van der Waals surface area (Å²) in [5, 5.41) is 12.5. The van der Waals surface area contributed by atoms with E-state index in [2.05, 4.69) is 15.3 Å². The minimum atomic E-state index is -1.03. The molecule has 0 saturated heterocycles. The van der Waals surface area contributed by atoms with Gasteiger partial charge in [-0.1, -0.05) is 11.6 Å². The Labute approximate surface area is 115 Å². The van der Waals surface area contributed by atoms with Crippen molar-refractivity contribution in [3.8, 4) is 0 Å². The number of anilines is 1. The maximum absolute atomic E-state index is 11.1. The summed E-state index contributed by atoms with van der Waals surface area (Å²) in [5.74, 6) is -1.03. The SMILES string of the molecule is Cc1cnc(CNc2ccc(Cl)cc2C(=O)O)cn1. The minimum Gasteiger partial charge on any atom is -0.478 e. The fourth-order valence-electron chi connectivity index (χ4n) is 1.54. The van der Waals surface area contributed by atoms with Crippen molar-refractivity contribution in [1.29, 1.82) is 0 Å². The van der Waals surface area contributed by atoms with E-state index in [9.17, 15) is 4.79 Å². The minimum absolute atomic E-state index is 0.132. The molecule has 0 atom stereocenters. The standard InChI is InChI=1S/C13H12ClN3O2/c1-8-5-16-10(6-15-8)7-17-12-3-2-9(14)4-11(12)13(18)19/h2-6,17H,7H2,1H3,(H,18,19). The Morgan fingerprint density at radius 1 is 1.37 bits per heavy atom. The first-order valence-electron chi connectivity index (χ1n) is 5.60. The first-order valence-corrected chi connectivity index (χ1v) is 5.98. The maximum Gasteiger partial charge on any atom is 0.337 e. The lowest BCUT2D eigenvalue weighted by atomic mass is 10.2. The van der Waals surface area contributed by atoms with Crippen molar-refractivity contribution < 1.29 is 9.90 Å². The van der Waals surface area contributed by atoms with Gasteiger partial charge in [0, 0.05) is 16.9 Å². The van der Waals surface area contributed by atoms with Crippen LogP contribution in [0.2, 0.25) is 5.02 Å². The third-order valence-electron chi connectivity index (χ3n) is 2.51. The molecule has 0 radical (unpaired) electrons. The molecule has 1 aromatic heterocycles. The van der Waals surface area contributed by atoms with E-state index >= 15 is 0 Å². The molecule has 0 aliphatic heterocycles. The van der Waals surface area contributed by atoms with Gasteiger partial charge in [-0.05, 0) is 25.1 Å². The molecule has 0 amide bonds. The predicted octanol–water partition coefficient (Wildman–Crippen LogP) is 2.75. The van der Waals surface area contributed by atoms with Crippen LogP contribution in [0.25, 0.3) is 0 Å². The summed E-state index contributed by atoms with van der Waals surface area (Å²) in [6, 6.07) is 4.68. The molecule has 1 aromatic carbocycles. The topological polar surface area (TPSA) is 75.1 Å². The lowest BCUT2D eigenvalue weighted by Gasteiger charge is -2.09. The molecule has 2 aromatic rings. The second kappa shape index (κ2) is 5.67. The Balaban J connectivity index is 2.15. The van der Waals surface area contributed by atoms with E-state index in [0.717, 1.165) is 11.4 Å². The summed E-state index contributed by atoms with van der Waals surface area (Å²) >= 11 is 5.78. The number of benzene rings is 1. The highest BCUT2D eigenvalue weighted by Crippen LogP contribution is 2.21. The van der Waals surface area contributed by atoms with Crippen LogP contribution in [-0.4, -0.2) is 21.0 Å². The third-order valence-corrected chi connectivity index (χ3v) is 2.74. The van der Waals surface area contributed by atoms with Crippen LogP contribution in [0.4, 0.5) is 5.69 Å². The number of aromatic carboxylic acids is 1. The average Bonchev–Trinajstić information content (AvgIpc) is 2.39. The Morgan fingerprint density at radius 2 is 2.16 bits per heavy atom. The van der Waals surface area contributed by atoms with Crippen molar-refractivity contribution in [2.45, 2.75) is 13.5 Å². The van der Waals surface area contributed by atoms with Crippen LogP contribution in [0.5, 0.6) is 0 Å². The van der Waals surface area contributed by atoms with Gasteiger partial charge in [0.2, 0.25) is 0 Å². The number of hydrogen-bond acceptors (Lipinski definition) is 4. The largest absolute Gasteiger partial charge is 0.478 e. The second-order valence-corrected chi connectivity index (χ2v) is 4.43. The molecular weight excluding hydrogens is 266 g/mol. The lowest BCUT2D eigenvalue weighted by Crippen LogP contribution is -2.07. The van der Waals surface area contributed by atoms with Crippen LogP contribution in [-0.2, 0) is 6.54 Å². The summed E-state index contributed by atoms with van der Waals surface area (Å²) in [6.07, 6.45) is 3.32. The summed E-state index contributed by atoms with van der Waals surface area (Å²) < 4.78 is 0. The smallest absolute Gasteiger partial charge is 0.337 e. The molecular formula is C13H12ClN3O2. The van der Waals surface area contributed by atoms with Crippen molar-refractivity contribution in [3.63, 3.8) is 0 Å². The first kappa shape index (κ1) is 13.3. The van der Waals surface area contributed by atoms with Gasteiger partial charge in [-0.25, -0.2) is 4.79 Å². The van der Waals surface area contributed by atoms with Gasteiger partial charge in [0.25, 0.3) is 0 Å². The molecule has 0 spiro atoms. The fraction of sp³-hybridized carbons (Fsp3) is 0.154. The Morgan fingerprint density at radius 3 is 2.79 bits per heavy atom. The van der Waals surface area contributed by atoms with Gasteiger partial charge in [-0.15, -0.1) is 0 Å². The number of halogens is 1. The highest BCUT2D eigenvalue weighted by atomic mass is 35.5. The normalized spacial score (nSPS) is 10.2. The molecule has 0 aliphatic rings. The van der Waals surface area contributed by atoms with Crippen LogP contribution in [0.15, 0.2) is 30.6 Å². The molecule has 1 heterocycles. The predicted molar refractivity (Wildman–Crippen MR) is 72.5 cm³/mol. The quantitative estimate of drug-likeness (QED) is 0.899. The summed E-state index contributed by atoms with van der Waals surface area (Å²) in [6.45, 7) is 2.25. The van der Waals surface area contributed by atoms with Crippen molar-refractivity contribution in [1.82, 2.24) is 9.97 Å². The number of carbonyl (C=O) groups is 1. The molecule has 0 fully saturated rings. The van der Waals surface area contributed by atoms with Gasteiger partial charge in [-0.3, -0.25) is 9.97 Å². The molecule has 2 rings (SSSR count). The monoisotopic (exact) mass is 277 g/mol. The number of carboxylic acid groups (broad SMARTS) is 1. The van der Waals surface area contributed by atoms with Gasteiger partial charge >= 0.3 is 5.97 Å². The van der Waals surface area contributed by atoms with E-state index in [0.29, 0.717) is 17.3 Å². The fourth-order valence-corrected chi connectivity index (χ4v) is 1.72. The molecule has 5 nitrogen and oxygen atoms in total. The van der Waals surface area contributed by atoms with Gasteiger partial charge in [-0.2, -0.15) is 0 Å². The van der Waals surface area contributed by atoms with Gasteiger partial charge < -0.3 is 10.4 Å². The van der Waals surface area contributed by atoms with Gasteiger partial charge in [0.1, 0.15) is 0 Å². The Hall–Kier alpha value is -2.14. The maximum atomic E-state index is 11.1. The Kier molecular flexibility index (Phi) is 3.97. The number of nitrogens with one attached hydrogen (secondary N) is 1. The van der Waals surface area contributed by atoms with E-state index in [1.165, 1.54) is 6.07 Å². The average molecular weight is 278 g/mol. The first-order chi connectivity index (χ1) is 9.06. The molecule has 0 unspecified atom stereocenters. The molecule has 6 heteroatoms. The number of nitrogens with zero attached hydrogens (tertiary/aromatic N) is 2. The van der Waals surface area contributed by atoms with Crippen LogP contribution in [0.1, 0.15) is 21.7 Å². The lowest BCUT2D eigenvalue weighted by molar-refractivity contribution is 0.0698. The zero-order valence-electron chi connectivity index (χ0n) is 10.2. The van der Waals surface area contributed by atoms with Crippen LogP contribution in [0, 0.1) is 6.92 Å². The Bertz CT molecular complexity index is 599. The van der Waals surface area contributed by atoms with E-state index in [1.54, 1.807) is 24.5 Å². The van der Waals surface area contributed by atoms with Gasteiger partial charge in [0.15, 0.2) is 0 Å². The number of carboxylic acids is 1. The number of aromatic nitrogens is 2. The molecule has 19 heavy (non-hydrogen) atoms. The number of rotatable bonds is 4.